The van der Waals surface area contributed by atoms with E-state index < -0.39 is 0 Å². The van der Waals surface area contributed by atoms with Gasteiger partial charge < -0.3 is 10.2 Å². The van der Waals surface area contributed by atoms with Crippen LogP contribution in [0.25, 0.3) is 0 Å². The molecule has 1 rings (SSSR count). The quantitative estimate of drug-likeness (QED) is 0.654. The fourth-order valence-corrected chi connectivity index (χ4v) is 1.80. The summed E-state index contributed by atoms with van der Waals surface area (Å²) in [6.45, 7) is 3.18. The Balaban J connectivity index is 1.95. The van der Waals surface area contributed by atoms with Crippen LogP contribution in [-0.2, 0) is 0 Å². The lowest BCUT2D eigenvalue weighted by molar-refractivity contribution is 0.400. The van der Waals surface area contributed by atoms with Crippen molar-refractivity contribution < 1.29 is 0 Å². The number of amidine groups is 1. The average molecular weight is 187 g/mol. The maximum absolute atomic E-state index is 4.31. The van der Waals surface area contributed by atoms with Crippen molar-refractivity contribution in [2.45, 2.75) is 6.42 Å². The standard InChI is InChI=1S/C8H17N3S/c1-11(2)6-3-4-9-8-10-5-7-12-8/h3-7H2,1-2H3,(H,9,10). The van der Waals surface area contributed by atoms with E-state index in [1.54, 1.807) is 0 Å². The molecule has 70 valence electrons. The maximum Gasteiger partial charge on any atom is 0.156 e. The highest BCUT2D eigenvalue weighted by molar-refractivity contribution is 8.14. The van der Waals surface area contributed by atoms with Gasteiger partial charge in [-0.2, -0.15) is 0 Å². The molecule has 0 amide bonds. The molecular weight excluding hydrogens is 170 g/mol. The Bertz CT molecular complexity index is 156. The Kier molecular flexibility index (Phi) is 4.46. The zero-order chi connectivity index (χ0) is 8.81. The van der Waals surface area contributed by atoms with E-state index in [1.807, 2.05) is 11.8 Å². The van der Waals surface area contributed by atoms with Gasteiger partial charge in [0, 0.05) is 12.3 Å². The van der Waals surface area contributed by atoms with Gasteiger partial charge in [-0.1, -0.05) is 11.8 Å². The zero-order valence-corrected chi connectivity index (χ0v) is 8.65. The molecule has 1 heterocycles. The number of hydrogen-bond acceptors (Lipinski definition) is 4. The molecule has 0 spiro atoms. The summed E-state index contributed by atoms with van der Waals surface area (Å²) < 4.78 is 0. The van der Waals surface area contributed by atoms with E-state index in [4.69, 9.17) is 0 Å². The third-order valence-corrected chi connectivity index (χ3v) is 2.58. The smallest absolute Gasteiger partial charge is 0.156 e. The third kappa shape index (κ3) is 3.97. The Hall–Kier alpha value is -0.220. The van der Waals surface area contributed by atoms with Crippen molar-refractivity contribution in [2.75, 3.05) is 39.5 Å². The van der Waals surface area contributed by atoms with Crippen LogP contribution in [0.4, 0.5) is 0 Å². The lowest BCUT2D eigenvalue weighted by Gasteiger charge is -2.09. The molecule has 0 aromatic heterocycles. The van der Waals surface area contributed by atoms with E-state index in [9.17, 15) is 0 Å². The Morgan fingerprint density at radius 3 is 3.00 bits per heavy atom. The van der Waals surface area contributed by atoms with Crippen LogP contribution in [-0.4, -0.2) is 49.6 Å². The monoisotopic (exact) mass is 187 g/mol. The Morgan fingerprint density at radius 2 is 2.42 bits per heavy atom. The van der Waals surface area contributed by atoms with Crippen LogP contribution in [0.15, 0.2) is 4.99 Å². The summed E-state index contributed by atoms with van der Waals surface area (Å²) in [6.07, 6.45) is 1.19. The highest BCUT2D eigenvalue weighted by Crippen LogP contribution is 2.08. The molecule has 0 unspecified atom stereocenters. The van der Waals surface area contributed by atoms with Gasteiger partial charge in [0.15, 0.2) is 5.17 Å². The van der Waals surface area contributed by atoms with Crippen LogP contribution >= 0.6 is 11.8 Å². The number of nitrogens with zero attached hydrogens (tertiary/aromatic N) is 2. The van der Waals surface area contributed by atoms with Crippen LogP contribution in [0.1, 0.15) is 6.42 Å². The van der Waals surface area contributed by atoms with Crippen molar-refractivity contribution in [3.63, 3.8) is 0 Å². The summed E-state index contributed by atoms with van der Waals surface area (Å²) in [6, 6.07) is 0. The van der Waals surface area contributed by atoms with E-state index >= 15 is 0 Å². The lowest BCUT2D eigenvalue weighted by atomic mass is 10.4. The maximum atomic E-state index is 4.31. The number of thioether (sulfide) groups is 1. The van der Waals surface area contributed by atoms with Crippen molar-refractivity contribution in [3.8, 4) is 0 Å². The van der Waals surface area contributed by atoms with E-state index in [0.29, 0.717) is 0 Å². The molecule has 0 aromatic rings. The summed E-state index contributed by atoms with van der Waals surface area (Å²) in [4.78, 5) is 6.51. The molecule has 0 aromatic carbocycles. The summed E-state index contributed by atoms with van der Waals surface area (Å²) >= 11 is 1.83. The molecule has 1 aliphatic heterocycles. The normalized spacial score (nSPS) is 16.8. The first-order chi connectivity index (χ1) is 5.79. The molecule has 3 nitrogen and oxygen atoms in total. The van der Waals surface area contributed by atoms with E-state index in [0.717, 1.165) is 30.6 Å². The molecule has 4 heteroatoms. The molecule has 0 bridgehead atoms. The van der Waals surface area contributed by atoms with Crippen molar-refractivity contribution in [1.82, 2.24) is 10.2 Å². The number of hydrogen-bond donors (Lipinski definition) is 1. The Labute approximate surface area is 78.6 Å². The van der Waals surface area contributed by atoms with Gasteiger partial charge in [-0.15, -0.1) is 0 Å². The fourth-order valence-electron chi connectivity index (χ4n) is 1.03. The van der Waals surface area contributed by atoms with Gasteiger partial charge in [0.05, 0.1) is 6.54 Å². The van der Waals surface area contributed by atoms with Crippen LogP contribution < -0.4 is 5.32 Å². The summed E-state index contributed by atoms with van der Waals surface area (Å²) in [7, 11) is 4.20. The molecule has 0 fully saturated rings. The minimum Gasteiger partial charge on any atom is -0.365 e. The van der Waals surface area contributed by atoms with E-state index in [2.05, 4.69) is 29.3 Å². The Morgan fingerprint density at radius 1 is 1.58 bits per heavy atom. The van der Waals surface area contributed by atoms with Crippen molar-refractivity contribution in [1.29, 1.82) is 0 Å². The van der Waals surface area contributed by atoms with Gasteiger partial charge in [-0.05, 0) is 27.1 Å². The number of aliphatic imine (C=N–C) groups is 1. The first kappa shape index (κ1) is 9.86. The average Bonchev–Trinajstić information content (AvgIpc) is 2.49. The van der Waals surface area contributed by atoms with Crippen molar-refractivity contribution in [3.05, 3.63) is 0 Å². The predicted molar refractivity (Wildman–Crippen MR) is 55.9 cm³/mol. The van der Waals surface area contributed by atoms with Crippen molar-refractivity contribution >= 4 is 16.9 Å². The second kappa shape index (κ2) is 5.43. The molecule has 0 aliphatic carbocycles. The van der Waals surface area contributed by atoms with Gasteiger partial charge in [0.1, 0.15) is 0 Å². The highest BCUT2D eigenvalue weighted by atomic mass is 32.2. The van der Waals surface area contributed by atoms with Crippen LogP contribution in [0.3, 0.4) is 0 Å². The van der Waals surface area contributed by atoms with E-state index in [-0.39, 0.29) is 0 Å². The SMILES string of the molecule is CN(C)CCCNC1=NCCS1. The van der Waals surface area contributed by atoms with Gasteiger partial charge in [-0.25, -0.2) is 0 Å². The predicted octanol–water partition coefficient (Wildman–Crippen LogP) is 0.631. The molecular formula is C8H17N3S. The van der Waals surface area contributed by atoms with Crippen LogP contribution in [0.2, 0.25) is 0 Å². The van der Waals surface area contributed by atoms with Crippen LogP contribution in [0, 0.1) is 0 Å². The highest BCUT2D eigenvalue weighted by Gasteiger charge is 2.04. The number of rotatable bonds is 4. The lowest BCUT2D eigenvalue weighted by Crippen LogP contribution is -2.24. The van der Waals surface area contributed by atoms with Gasteiger partial charge >= 0.3 is 0 Å². The van der Waals surface area contributed by atoms with Crippen molar-refractivity contribution in [2.24, 2.45) is 4.99 Å². The molecule has 0 atom stereocenters. The molecule has 0 saturated heterocycles. The minimum atomic E-state index is 0.987. The first-order valence-corrected chi connectivity index (χ1v) is 5.33. The third-order valence-electron chi connectivity index (χ3n) is 1.64. The summed E-state index contributed by atoms with van der Waals surface area (Å²) in [5.74, 6) is 1.15. The fraction of sp³-hybridized carbons (Fsp3) is 0.875. The molecule has 1 N–H and O–H groups in total. The van der Waals surface area contributed by atoms with Gasteiger partial charge in [0.2, 0.25) is 0 Å². The largest absolute Gasteiger partial charge is 0.365 e. The second-order valence-corrected chi connectivity index (χ2v) is 4.20. The summed E-state index contributed by atoms with van der Waals surface area (Å²) in [5, 5.41) is 4.46. The molecule has 1 aliphatic rings. The zero-order valence-electron chi connectivity index (χ0n) is 7.84. The first-order valence-electron chi connectivity index (χ1n) is 4.35. The van der Waals surface area contributed by atoms with Gasteiger partial charge in [-0.3, -0.25) is 4.99 Å². The topological polar surface area (TPSA) is 27.6 Å². The second-order valence-electron chi connectivity index (χ2n) is 3.12. The molecule has 0 radical (unpaired) electrons. The van der Waals surface area contributed by atoms with Crippen LogP contribution in [0.5, 0.6) is 0 Å². The van der Waals surface area contributed by atoms with E-state index in [1.165, 1.54) is 6.42 Å². The molecule has 0 saturated carbocycles. The number of nitrogens with one attached hydrogen (secondary N) is 1. The summed E-state index contributed by atoms with van der Waals surface area (Å²) in [5.41, 5.74) is 0. The minimum absolute atomic E-state index is 0.987. The molecule has 12 heavy (non-hydrogen) atoms. The van der Waals surface area contributed by atoms with Gasteiger partial charge in [0.25, 0.3) is 0 Å².